The van der Waals surface area contributed by atoms with Crippen LogP contribution in [0.5, 0.6) is 5.75 Å². The number of carbonyl (C=O) groups excluding carboxylic acids is 1. The maximum absolute atomic E-state index is 12.7. The topological polar surface area (TPSA) is 98.0 Å². The van der Waals surface area contributed by atoms with E-state index in [1.807, 2.05) is 25.2 Å². The minimum absolute atomic E-state index is 0.121. The van der Waals surface area contributed by atoms with Gasteiger partial charge in [0.05, 0.1) is 0 Å². The van der Waals surface area contributed by atoms with Gasteiger partial charge in [-0.15, -0.1) is 0 Å². The first-order chi connectivity index (χ1) is 16.8. The number of hydrogen-bond donors (Lipinski definition) is 2. The minimum Gasteiger partial charge on any atom is -0.507 e. The third kappa shape index (κ3) is 11.6. The van der Waals surface area contributed by atoms with Gasteiger partial charge in [-0.05, 0) is 44.4 Å². The van der Waals surface area contributed by atoms with Gasteiger partial charge in [0, 0.05) is 26.2 Å². The molecule has 1 aromatic rings. The number of methoxy groups -OCH3 is 2. The van der Waals surface area contributed by atoms with Gasteiger partial charge in [-0.1, -0.05) is 70.3 Å². The second-order valence-corrected chi connectivity index (χ2v) is 8.71. The molecule has 1 unspecified atom stereocenters. The van der Waals surface area contributed by atoms with E-state index in [-0.39, 0.29) is 17.2 Å². The summed E-state index contributed by atoms with van der Waals surface area (Å²) in [4.78, 5) is 25.2. The molecule has 196 valence electrons. The van der Waals surface area contributed by atoms with Crippen LogP contribution >= 0.6 is 0 Å². The molecule has 0 spiro atoms. The number of hydrogen-bond acceptors (Lipinski definition) is 7. The largest absolute Gasteiger partial charge is 0.507 e. The fourth-order valence-corrected chi connectivity index (χ4v) is 3.53. The zero-order chi connectivity index (χ0) is 26.1. The van der Waals surface area contributed by atoms with E-state index in [1.54, 1.807) is 19.2 Å². The lowest BCUT2D eigenvalue weighted by molar-refractivity contribution is -0.115. The van der Waals surface area contributed by atoms with Crippen molar-refractivity contribution in [2.75, 3.05) is 14.2 Å². The Balaban J connectivity index is 2.65. The zero-order valence-corrected chi connectivity index (χ0v) is 22.0. The Morgan fingerprint density at radius 2 is 1.80 bits per heavy atom. The Hall–Kier alpha value is -2.64. The quantitative estimate of drug-likeness (QED) is 0.0815. The molecule has 1 rings (SSSR count). The van der Waals surface area contributed by atoms with E-state index >= 15 is 0 Å². The fraction of sp³-hybridized carbons (Fsp3) is 0.571. The summed E-state index contributed by atoms with van der Waals surface area (Å²) in [6.07, 6.45) is 18.4. The van der Waals surface area contributed by atoms with Crippen LogP contribution in [0.4, 0.5) is 0 Å². The standard InChI is InChI=1S/C28H43NO6/c1-6-7-8-9-10-11-12-13-14-18-22(3)26(31)25-23(30)20-24(35-27(25)32)21(2)17-15-16-19-29-28(33-4)34-5/h13-14,16,18-21,28-30H,6-12,15,17H2,1-5H3/b14-13+,19-16+,22-18+. The number of rotatable bonds is 18. The van der Waals surface area contributed by atoms with Crippen molar-refractivity contribution in [1.29, 1.82) is 0 Å². The van der Waals surface area contributed by atoms with Gasteiger partial charge in [-0.25, -0.2) is 4.79 Å². The Morgan fingerprint density at radius 1 is 1.11 bits per heavy atom. The lowest BCUT2D eigenvalue weighted by Crippen LogP contribution is -2.27. The van der Waals surface area contributed by atoms with Crippen molar-refractivity contribution in [3.05, 3.63) is 63.9 Å². The van der Waals surface area contributed by atoms with Crippen LogP contribution in [0, 0.1) is 0 Å². The molecule has 1 heterocycles. The zero-order valence-electron chi connectivity index (χ0n) is 22.0. The lowest BCUT2D eigenvalue weighted by atomic mass is 10.00. The van der Waals surface area contributed by atoms with Crippen LogP contribution in [0.1, 0.15) is 101 Å². The number of aromatic hydroxyl groups is 1. The number of ketones is 1. The van der Waals surface area contributed by atoms with Crippen LogP contribution in [0.3, 0.4) is 0 Å². The lowest BCUT2D eigenvalue weighted by Gasteiger charge is -2.13. The highest BCUT2D eigenvalue weighted by molar-refractivity contribution is 6.09. The molecule has 1 aromatic heterocycles. The molecule has 0 radical (unpaired) electrons. The van der Waals surface area contributed by atoms with Gasteiger partial charge in [-0.2, -0.15) is 0 Å². The molecule has 35 heavy (non-hydrogen) atoms. The second-order valence-electron chi connectivity index (χ2n) is 8.71. The van der Waals surface area contributed by atoms with Crippen LogP contribution < -0.4 is 10.9 Å². The molecule has 0 saturated heterocycles. The summed E-state index contributed by atoms with van der Waals surface area (Å²) in [5, 5.41) is 13.3. The van der Waals surface area contributed by atoms with E-state index in [0.29, 0.717) is 24.2 Å². The SMILES string of the molecule is CCCCCCCC/C=C/C=C(\C)C(=O)c1c(O)cc(C(C)CC/C=C/NC(OC)OC)oc1=O. The Kier molecular flexibility index (Phi) is 15.4. The van der Waals surface area contributed by atoms with Crippen LogP contribution in [0.15, 0.2) is 51.4 Å². The molecular formula is C28H43NO6. The fourth-order valence-electron chi connectivity index (χ4n) is 3.53. The smallest absolute Gasteiger partial charge is 0.351 e. The summed E-state index contributed by atoms with van der Waals surface area (Å²) in [5.74, 6) is -0.654. The van der Waals surface area contributed by atoms with Crippen molar-refractivity contribution in [3.63, 3.8) is 0 Å². The highest BCUT2D eigenvalue weighted by atomic mass is 16.7. The van der Waals surface area contributed by atoms with E-state index in [4.69, 9.17) is 13.9 Å². The van der Waals surface area contributed by atoms with Gasteiger partial charge < -0.3 is 24.3 Å². The molecule has 2 N–H and O–H groups in total. The average molecular weight is 490 g/mol. The van der Waals surface area contributed by atoms with E-state index in [2.05, 4.69) is 12.2 Å². The molecule has 0 fully saturated rings. The summed E-state index contributed by atoms with van der Waals surface area (Å²) in [5.41, 5.74) is -0.773. The molecule has 0 aliphatic carbocycles. The molecule has 0 aliphatic heterocycles. The summed E-state index contributed by atoms with van der Waals surface area (Å²) in [6.45, 7) is 5.73. The number of Topliss-reactive ketones (excluding diaryl/α,β-unsaturated/α-hetero) is 1. The molecule has 0 aliphatic rings. The van der Waals surface area contributed by atoms with Crippen molar-refractivity contribution in [2.24, 2.45) is 0 Å². The van der Waals surface area contributed by atoms with Gasteiger partial charge in [0.2, 0.25) is 6.41 Å². The highest BCUT2D eigenvalue weighted by Gasteiger charge is 2.21. The minimum atomic E-state index is -0.819. The molecule has 0 amide bonds. The molecule has 0 saturated carbocycles. The van der Waals surface area contributed by atoms with Crippen LogP contribution in [0.25, 0.3) is 0 Å². The molecule has 7 nitrogen and oxygen atoms in total. The molecule has 1 atom stereocenters. The molecular weight excluding hydrogens is 446 g/mol. The second kappa shape index (κ2) is 17.7. The van der Waals surface area contributed by atoms with Crippen molar-refractivity contribution in [2.45, 2.75) is 90.9 Å². The average Bonchev–Trinajstić information content (AvgIpc) is 2.84. The van der Waals surface area contributed by atoms with Gasteiger partial charge in [0.25, 0.3) is 0 Å². The van der Waals surface area contributed by atoms with Crippen molar-refractivity contribution in [1.82, 2.24) is 5.32 Å². The van der Waals surface area contributed by atoms with Crippen LogP contribution in [0.2, 0.25) is 0 Å². The monoisotopic (exact) mass is 489 g/mol. The van der Waals surface area contributed by atoms with Crippen molar-refractivity contribution in [3.8, 4) is 5.75 Å². The number of allylic oxidation sites excluding steroid dienone is 5. The predicted octanol–water partition coefficient (Wildman–Crippen LogP) is 6.34. The number of unbranched alkanes of at least 4 members (excludes halogenated alkanes) is 6. The molecule has 7 heteroatoms. The number of ether oxygens (including phenoxy) is 2. The van der Waals surface area contributed by atoms with Crippen LogP contribution in [-0.4, -0.2) is 31.5 Å². The first-order valence-corrected chi connectivity index (χ1v) is 12.6. The number of carbonyl (C=O) groups is 1. The van der Waals surface area contributed by atoms with Gasteiger partial charge in [-0.3, -0.25) is 4.79 Å². The highest BCUT2D eigenvalue weighted by Crippen LogP contribution is 2.26. The van der Waals surface area contributed by atoms with E-state index < -0.39 is 17.8 Å². The summed E-state index contributed by atoms with van der Waals surface area (Å²) >= 11 is 0. The van der Waals surface area contributed by atoms with Gasteiger partial charge in [0.1, 0.15) is 17.1 Å². The maximum Gasteiger partial charge on any atom is 0.351 e. The third-order valence-corrected chi connectivity index (χ3v) is 5.77. The van der Waals surface area contributed by atoms with E-state index in [9.17, 15) is 14.7 Å². The summed E-state index contributed by atoms with van der Waals surface area (Å²) in [6, 6.07) is 1.37. The molecule has 0 bridgehead atoms. The van der Waals surface area contributed by atoms with Gasteiger partial charge in [0.15, 0.2) is 5.78 Å². The van der Waals surface area contributed by atoms with E-state index in [0.717, 1.165) is 12.8 Å². The third-order valence-electron chi connectivity index (χ3n) is 5.77. The Labute approximate surface area is 209 Å². The van der Waals surface area contributed by atoms with Crippen LogP contribution in [-0.2, 0) is 9.47 Å². The summed E-state index contributed by atoms with van der Waals surface area (Å²) < 4.78 is 15.4. The number of nitrogens with one attached hydrogen (secondary N) is 1. The van der Waals surface area contributed by atoms with Gasteiger partial charge >= 0.3 is 5.63 Å². The first kappa shape index (κ1) is 30.4. The Morgan fingerprint density at radius 3 is 2.46 bits per heavy atom. The Bertz CT molecular complexity index is 895. The molecule has 0 aromatic carbocycles. The normalized spacial score (nSPS) is 13.3. The predicted molar refractivity (Wildman–Crippen MR) is 140 cm³/mol. The summed E-state index contributed by atoms with van der Waals surface area (Å²) in [7, 11) is 3.07. The van der Waals surface area contributed by atoms with Crippen molar-refractivity contribution >= 4 is 5.78 Å². The maximum atomic E-state index is 12.7. The van der Waals surface area contributed by atoms with E-state index in [1.165, 1.54) is 52.4 Å². The first-order valence-electron chi connectivity index (χ1n) is 12.6. The van der Waals surface area contributed by atoms with Crippen molar-refractivity contribution < 1.29 is 23.8 Å².